The van der Waals surface area contributed by atoms with E-state index in [2.05, 4.69) is 5.32 Å². The molecule has 3 nitrogen and oxygen atoms in total. The van der Waals surface area contributed by atoms with E-state index in [1.54, 1.807) is 4.90 Å². The maximum Gasteiger partial charge on any atom is 0.149 e. The van der Waals surface area contributed by atoms with Gasteiger partial charge in [-0.05, 0) is 49.4 Å². The van der Waals surface area contributed by atoms with E-state index in [9.17, 15) is 8.78 Å². The van der Waals surface area contributed by atoms with Crippen LogP contribution in [-0.2, 0) is 6.54 Å². The molecule has 0 amide bonds. The van der Waals surface area contributed by atoms with Crippen LogP contribution >= 0.6 is 0 Å². The van der Waals surface area contributed by atoms with Crippen molar-refractivity contribution in [2.24, 2.45) is 5.92 Å². The molecule has 21 heavy (non-hydrogen) atoms. The number of benzene rings is 1. The number of halogens is 2. The average Bonchev–Trinajstić information content (AvgIpc) is 2.87. The molecule has 1 atom stereocenters. The number of rotatable bonds is 7. The molecule has 1 fully saturated rings. The molecule has 0 spiro atoms. The molecule has 1 aromatic carbocycles. The van der Waals surface area contributed by atoms with E-state index in [0.29, 0.717) is 37.5 Å². The van der Waals surface area contributed by atoms with Gasteiger partial charge in [-0.3, -0.25) is 0 Å². The van der Waals surface area contributed by atoms with Gasteiger partial charge in [-0.1, -0.05) is 6.92 Å². The highest BCUT2D eigenvalue weighted by molar-refractivity contribution is 5.51. The minimum Gasteiger partial charge on any atom is -0.396 e. The number of nitrogens with zero attached hydrogens (tertiary/aromatic N) is 1. The van der Waals surface area contributed by atoms with Gasteiger partial charge in [-0.25, -0.2) is 8.78 Å². The van der Waals surface area contributed by atoms with Crippen LogP contribution in [0.2, 0.25) is 0 Å². The maximum atomic E-state index is 14.2. The molecule has 0 aromatic heterocycles. The summed E-state index contributed by atoms with van der Waals surface area (Å²) in [4.78, 5) is 1.76. The monoisotopic (exact) mass is 298 g/mol. The molecular weight excluding hydrogens is 274 g/mol. The minimum atomic E-state index is -0.493. The summed E-state index contributed by atoms with van der Waals surface area (Å²) in [6.45, 7) is 4.75. The Kier molecular flexibility index (Phi) is 5.94. The zero-order chi connectivity index (χ0) is 15.2. The highest BCUT2D eigenvalue weighted by atomic mass is 19.1. The lowest BCUT2D eigenvalue weighted by Crippen LogP contribution is -2.23. The number of aliphatic hydroxyl groups excluding tert-OH is 1. The summed E-state index contributed by atoms with van der Waals surface area (Å²) in [5, 5.41) is 12.1. The summed E-state index contributed by atoms with van der Waals surface area (Å²) >= 11 is 0. The highest BCUT2D eigenvalue weighted by Crippen LogP contribution is 2.30. The van der Waals surface area contributed by atoms with Gasteiger partial charge in [-0.15, -0.1) is 0 Å². The maximum absolute atomic E-state index is 14.2. The predicted octanol–water partition coefficient (Wildman–Crippen LogP) is 2.67. The molecule has 0 bridgehead atoms. The van der Waals surface area contributed by atoms with Gasteiger partial charge in [0.15, 0.2) is 0 Å². The lowest BCUT2D eigenvalue weighted by Gasteiger charge is -2.21. The third kappa shape index (κ3) is 4.14. The molecule has 0 aliphatic carbocycles. The molecule has 2 N–H and O–H groups in total. The van der Waals surface area contributed by atoms with Crippen LogP contribution in [0.25, 0.3) is 0 Å². The number of hydrogen-bond donors (Lipinski definition) is 2. The van der Waals surface area contributed by atoms with Crippen LogP contribution in [0.3, 0.4) is 0 Å². The van der Waals surface area contributed by atoms with Crippen molar-refractivity contribution in [1.29, 1.82) is 0 Å². The third-order valence-corrected chi connectivity index (χ3v) is 3.97. The van der Waals surface area contributed by atoms with Gasteiger partial charge in [-0.2, -0.15) is 0 Å². The molecule has 118 valence electrons. The van der Waals surface area contributed by atoms with Gasteiger partial charge < -0.3 is 15.3 Å². The average molecular weight is 298 g/mol. The molecule has 1 unspecified atom stereocenters. The molecule has 1 aromatic rings. The predicted molar refractivity (Wildman–Crippen MR) is 80.4 cm³/mol. The first kappa shape index (κ1) is 16.2. The molecule has 1 aliphatic heterocycles. The SMILES string of the molecule is CCCNCc1cc(F)c(N2CCC(CCO)C2)c(F)c1. The Bertz CT molecular complexity index is 445. The molecule has 2 rings (SSSR count). The lowest BCUT2D eigenvalue weighted by atomic mass is 10.1. The van der Waals surface area contributed by atoms with Crippen molar-refractivity contribution in [3.63, 3.8) is 0 Å². The summed E-state index contributed by atoms with van der Waals surface area (Å²) in [6.07, 6.45) is 2.56. The van der Waals surface area contributed by atoms with Crippen LogP contribution in [0.4, 0.5) is 14.5 Å². The zero-order valence-electron chi connectivity index (χ0n) is 12.5. The molecule has 1 aliphatic rings. The second kappa shape index (κ2) is 7.71. The molecule has 5 heteroatoms. The topological polar surface area (TPSA) is 35.5 Å². The van der Waals surface area contributed by atoms with Crippen molar-refractivity contribution in [2.75, 3.05) is 31.1 Å². The van der Waals surface area contributed by atoms with Gasteiger partial charge in [0.05, 0.1) is 0 Å². The Labute approximate surface area is 125 Å². The fraction of sp³-hybridized carbons (Fsp3) is 0.625. The fourth-order valence-electron chi connectivity index (χ4n) is 2.89. The van der Waals surface area contributed by atoms with E-state index in [0.717, 1.165) is 19.4 Å². The largest absolute Gasteiger partial charge is 0.396 e. The number of hydrogen-bond acceptors (Lipinski definition) is 3. The van der Waals surface area contributed by atoms with Crippen molar-refractivity contribution in [3.05, 3.63) is 29.3 Å². The zero-order valence-corrected chi connectivity index (χ0v) is 12.5. The fourth-order valence-corrected chi connectivity index (χ4v) is 2.89. The quantitative estimate of drug-likeness (QED) is 0.760. The summed E-state index contributed by atoms with van der Waals surface area (Å²) in [6, 6.07) is 2.83. The first-order valence-corrected chi connectivity index (χ1v) is 7.70. The number of anilines is 1. The van der Waals surface area contributed by atoms with Crippen molar-refractivity contribution in [2.45, 2.75) is 32.7 Å². The van der Waals surface area contributed by atoms with Crippen LogP contribution in [0.1, 0.15) is 31.7 Å². The lowest BCUT2D eigenvalue weighted by molar-refractivity contribution is 0.263. The van der Waals surface area contributed by atoms with Crippen molar-refractivity contribution in [3.8, 4) is 0 Å². The first-order valence-electron chi connectivity index (χ1n) is 7.70. The Morgan fingerprint density at radius 1 is 1.33 bits per heavy atom. The van der Waals surface area contributed by atoms with Gasteiger partial charge in [0.2, 0.25) is 0 Å². The van der Waals surface area contributed by atoms with Crippen LogP contribution in [-0.4, -0.2) is 31.3 Å². The van der Waals surface area contributed by atoms with Gasteiger partial charge in [0.1, 0.15) is 17.3 Å². The second-order valence-corrected chi connectivity index (χ2v) is 5.70. The van der Waals surface area contributed by atoms with E-state index >= 15 is 0 Å². The summed E-state index contributed by atoms with van der Waals surface area (Å²) in [5.74, 6) is -0.666. The molecule has 1 heterocycles. The standard InChI is InChI=1S/C16H24F2N2O/c1-2-5-19-10-13-8-14(17)16(15(18)9-13)20-6-3-12(11-20)4-7-21/h8-9,12,19,21H,2-7,10-11H2,1H3. The first-order chi connectivity index (χ1) is 10.2. The van der Waals surface area contributed by atoms with Gasteiger partial charge in [0.25, 0.3) is 0 Å². The number of nitrogens with one attached hydrogen (secondary N) is 1. The normalized spacial score (nSPS) is 18.5. The van der Waals surface area contributed by atoms with Crippen molar-refractivity contribution < 1.29 is 13.9 Å². The van der Waals surface area contributed by atoms with E-state index in [-0.39, 0.29) is 12.3 Å². The summed E-state index contributed by atoms with van der Waals surface area (Å²) in [5.41, 5.74) is 0.711. The van der Waals surface area contributed by atoms with E-state index < -0.39 is 11.6 Å². The molecule has 0 saturated carbocycles. The highest BCUT2D eigenvalue weighted by Gasteiger charge is 2.26. The molecule has 1 saturated heterocycles. The van der Waals surface area contributed by atoms with Gasteiger partial charge >= 0.3 is 0 Å². The smallest absolute Gasteiger partial charge is 0.149 e. The van der Waals surface area contributed by atoms with Crippen molar-refractivity contribution >= 4 is 5.69 Å². The van der Waals surface area contributed by atoms with E-state index in [1.165, 1.54) is 12.1 Å². The third-order valence-electron chi connectivity index (χ3n) is 3.97. The number of aliphatic hydroxyl groups is 1. The Morgan fingerprint density at radius 2 is 2.05 bits per heavy atom. The van der Waals surface area contributed by atoms with Crippen LogP contribution < -0.4 is 10.2 Å². The molecule has 0 radical (unpaired) electrons. The Hall–Kier alpha value is -1.20. The van der Waals surface area contributed by atoms with E-state index in [4.69, 9.17) is 5.11 Å². The van der Waals surface area contributed by atoms with Crippen LogP contribution in [0.15, 0.2) is 12.1 Å². The van der Waals surface area contributed by atoms with E-state index in [1.807, 2.05) is 6.92 Å². The van der Waals surface area contributed by atoms with Crippen molar-refractivity contribution in [1.82, 2.24) is 5.32 Å². The molecular formula is C16H24F2N2O. The summed E-state index contributed by atoms with van der Waals surface area (Å²) < 4.78 is 28.5. The Balaban J connectivity index is 2.07. The van der Waals surface area contributed by atoms with Crippen LogP contribution in [0.5, 0.6) is 0 Å². The minimum absolute atomic E-state index is 0.0784. The Morgan fingerprint density at radius 3 is 2.67 bits per heavy atom. The van der Waals surface area contributed by atoms with Crippen LogP contribution in [0, 0.1) is 17.6 Å². The van der Waals surface area contributed by atoms with Gasteiger partial charge in [0, 0.05) is 26.2 Å². The second-order valence-electron chi connectivity index (χ2n) is 5.70. The summed E-state index contributed by atoms with van der Waals surface area (Å²) in [7, 11) is 0.